The number of guanidine groups is 2. The monoisotopic (exact) mass is 472 g/mol. The summed E-state index contributed by atoms with van der Waals surface area (Å²) in [7, 11) is 0. The van der Waals surface area contributed by atoms with Gasteiger partial charge in [-0.2, -0.15) is 13.2 Å². The number of aliphatic hydroxyl groups excluding tert-OH is 1. The lowest BCUT2D eigenvalue weighted by atomic mass is 9.87. The van der Waals surface area contributed by atoms with Crippen LogP contribution < -0.4 is 22.1 Å². The van der Waals surface area contributed by atoms with E-state index in [2.05, 4.69) is 20.6 Å². The van der Waals surface area contributed by atoms with Gasteiger partial charge in [0.2, 0.25) is 17.7 Å². The van der Waals surface area contributed by atoms with E-state index in [1.54, 1.807) is 0 Å². The summed E-state index contributed by atoms with van der Waals surface area (Å²) in [6, 6.07) is -2.90. The molecule has 5 atom stereocenters. The molecule has 3 amide bonds. The van der Waals surface area contributed by atoms with E-state index in [0.717, 1.165) is 4.90 Å². The van der Waals surface area contributed by atoms with Crippen LogP contribution in [0.4, 0.5) is 13.2 Å². The van der Waals surface area contributed by atoms with Crippen molar-refractivity contribution in [2.45, 2.75) is 61.8 Å². The zero-order chi connectivity index (χ0) is 23.9. The molecule has 15 heteroatoms. The van der Waals surface area contributed by atoms with E-state index in [-0.39, 0.29) is 62.5 Å². The smallest absolute Gasteiger partial charge is 0.386 e. The van der Waals surface area contributed by atoms with E-state index >= 15 is 0 Å². The number of carbonyl (C=O) groups is 3. The van der Waals surface area contributed by atoms with Gasteiger partial charge in [0.1, 0.15) is 17.6 Å². The predicted octanol–water partition coefficient (Wildman–Crippen LogP) is -2.68. The molecule has 4 aliphatic heterocycles. The summed E-state index contributed by atoms with van der Waals surface area (Å²) in [5.41, 5.74) is 8.06. The molecule has 0 aromatic carbocycles. The highest BCUT2D eigenvalue weighted by atomic mass is 19.4. The first kappa shape index (κ1) is 21.7. The summed E-state index contributed by atoms with van der Waals surface area (Å²) in [5.74, 6) is -2.10. The van der Waals surface area contributed by atoms with Crippen molar-refractivity contribution in [2.75, 3.05) is 13.1 Å². The average Bonchev–Trinajstić information content (AvgIpc) is 3.33. The Hall–Kier alpha value is -3.10. The summed E-state index contributed by atoms with van der Waals surface area (Å²) in [6.07, 6.45) is -6.65. The van der Waals surface area contributed by atoms with E-state index in [1.165, 1.54) is 4.90 Å². The third-order valence-corrected chi connectivity index (χ3v) is 7.22. The molecule has 0 radical (unpaired) electrons. The van der Waals surface area contributed by atoms with Crippen LogP contribution in [0.3, 0.4) is 0 Å². The maximum Gasteiger partial charge on any atom is 0.403 e. The van der Waals surface area contributed by atoms with Crippen LogP contribution in [-0.2, 0) is 14.4 Å². The SMILES string of the molecule is NC1=NC2[C@H](CN3C(=O)CCC3=O)N=C(N)N3CC(NC(=O)C4(C(F)(F)F)CC4)C(O)C23N1. The number of imide groups is 1. The minimum atomic E-state index is -4.70. The highest BCUT2D eigenvalue weighted by Crippen LogP contribution is 2.58. The van der Waals surface area contributed by atoms with Crippen molar-refractivity contribution < 1.29 is 32.7 Å². The minimum Gasteiger partial charge on any atom is -0.386 e. The number of hydrogen-bond donors (Lipinski definition) is 5. The number of rotatable bonds is 4. The molecular weight excluding hydrogens is 449 g/mol. The lowest BCUT2D eigenvalue weighted by Crippen LogP contribution is -2.73. The molecule has 0 aromatic heterocycles. The average molecular weight is 472 g/mol. The number of amides is 3. The van der Waals surface area contributed by atoms with Gasteiger partial charge in [-0.25, -0.2) is 9.98 Å². The largest absolute Gasteiger partial charge is 0.403 e. The second kappa shape index (κ2) is 6.71. The van der Waals surface area contributed by atoms with E-state index in [4.69, 9.17) is 11.5 Å². The first-order chi connectivity index (χ1) is 15.4. The lowest BCUT2D eigenvalue weighted by Gasteiger charge is -2.46. The molecule has 3 fully saturated rings. The zero-order valence-electron chi connectivity index (χ0n) is 17.3. The first-order valence-electron chi connectivity index (χ1n) is 10.5. The molecule has 0 aromatic rings. The number of halogens is 3. The Labute approximate surface area is 185 Å². The summed E-state index contributed by atoms with van der Waals surface area (Å²) in [5, 5.41) is 16.4. The number of nitrogens with zero attached hydrogens (tertiary/aromatic N) is 4. The van der Waals surface area contributed by atoms with Crippen molar-refractivity contribution in [3.05, 3.63) is 0 Å². The molecule has 1 saturated carbocycles. The van der Waals surface area contributed by atoms with Crippen LogP contribution in [0.15, 0.2) is 9.98 Å². The maximum absolute atomic E-state index is 13.4. The molecule has 33 heavy (non-hydrogen) atoms. The summed E-state index contributed by atoms with van der Waals surface area (Å²) in [4.78, 5) is 47.8. The Morgan fingerprint density at radius 3 is 2.42 bits per heavy atom. The molecule has 7 N–H and O–H groups in total. The number of nitrogens with two attached hydrogens (primary N) is 2. The number of likely N-dealkylation sites (tertiary alicyclic amines) is 1. The van der Waals surface area contributed by atoms with Crippen molar-refractivity contribution in [3.8, 4) is 0 Å². The van der Waals surface area contributed by atoms with Gasteiger partial charge < -0.3 is 32.1 Å². The molecule has 4 heterocycles. The number of carbonyl (C=O) groups excluding carboxylic acids is 3. The molecule has 1 aliphatic carbocycles. The predicted molar refractivity (Wildman–Crippen MR) is 105 cm³/mol. The second-order valence-electron chi connectivity index (χ2n) is 9.08. The molecule has 1 spiro atoms. The molecule has 12 nitrogen and oxygen atoms in total. The fraction of sp³-hybridized carbons (Fsp3) is 0.722. The maximum atomic E-state index is 13.4. The van der Waals surface area contributed by atoms with Crippen molar-refractivity contribution >= 4 is 29.6 Å². The molecule has 5 rings (SSSR count). The van der Waals surface area contributed by atoms with Crippen molar-refractivity contribution in [2.24, 2.45) is 26.9 Å². The second-order valence-corrected chi connectivity index (χ2v) is 9.08. The fourth-order valence-electron chi connectivity index (χ4n) is 5.27. The van der Waals surface area contributed by atoms with Gasteiger partial charge in [0.25, 0.3) is 0 Å². The molecule has 180 valence electrons. The highest BCUT2D eigenvalue weighted by molar-refractivity contribution is 6.02. The highest BCUT2D eigenvalue weighted by Gasteiger charge is 2.70. The standard InChI is InChI=1S/C18H23F3N8O4/c19-18(20,21)16(3-4-16)13(33)24-8-6-29-15(23)25-7(5-28-9(30)1-2-10(28)31)11-17(29,12(8)32)27-14(22)26-11/h7-8,11-12,32H,1-6H2,(H2,23,25)(H,24,33)(H3,22,26,27)/t7-,8?,11?,12?,17?/m0/s1. The third kappa shape index (κ3) is 2.90. The first-order valence-corrected chi connectivity index (χ1v) is 10.5. The Morgan fingerprint density at radius 2 is 1.85 bits per heavy atom. The number of aliphatic hydroxyl groups is 1. The number of alkyl halides is 3. The molecule has 4 unspecified atom stereocenters. The van der Waals surface area contributed by atoms with Gasteiger partial charge in [-0.15, -0.1) is 0 Å². The van der Waals surface area contributed by atoms with Gasteiger partial charge in [0.15, 0.2) is 17.6 Å². The van der Waals surface area contributed by atoms with Gasteiger partial charge in [-0.1, -0.05) is 0 Å². The normalized spacial score (nSPS) is 36.7. The van der Waals surface area contributed by atoms with E-state index in [0.29, 0.717) is 0 Å². The quantitative estimate of drug-likeness (QED) is 0.275. The molecular formula is C18H23F3N8O4. The van der Waals surface area contributed by atoms with Gasteiger partial charge in [0.05, 0.1) is 18.6 Å². The van der Waals surface area contributed by atoms with E-state index in [9.17, 15) is 32.7 Å². The van der Waals surface area contributed by atoms with E-state index in [1.807, 2.05) is 0 Å². The van der Waals surface area contributed by atoms with Crippen LogP contribution in [0.25, 0.3) is 0 Å². The Kier molecular flexibility index (Phi) is 4.42. The van der Waals surface area contributed by atoms with Crippen LogP contribution in [0.5, 0.6) is 0 Å². The zero-order valence-corrected chi connectivity index (χ0v) is 17.3. The van der Waals surface area contributed by atoms with Crippen LogP contribution in [-0.4, -0.2) is 93.7 Å². The van der Waals surface area contributed by atoms with Crippen molar-refractivity contribution in [1.29, 1.82) is 0 Å². The van der Waals surface area contributed by atoms with Gasteiger partial charge in [0, 0.05) is 19.4 Å². The Bertz CT molecular complexity index is 980. The van der Waals surface area contributed by atoms with Gasteiger partial charge in [-0.3, -0.25) is 19.3 Å². The van der Waals surface area contributed by atoms with Crippen LogP contribution in [0.2, 0.25) is 0 Å². The summed E-state index contributed by atoms with van der Waals surface area (Å²) in [6.45, 7) is -0.283. The summed E-state index contributed by atoms with van der Waals surface area (Å²) < 4.78 is 40.1. The van der Waals surface area contributed by atoms with Crippen LogP contribution in [0, 0.1) is 5.41 Å². The van der Waals surface area contributed by atoms with Crippen molar-refractivity contribution in [1.82, 2.24) is 20.4 Å². The van der Waals surface area contributed by atoms with Gasteiger partial charge >= 0.3 is 6.18 Å². The number of nitrogens with one attached hydrogen (secondary N) is 2. The van der Waals surface area contributed by atoms with Gasteiger partial charge in [-0.05, 0) is 12.8 Å². The number of hydrogen-bond acceptors (Lipinski definition) is 10. The molecule has 2 saturated heterocycles. The minimum absolute atomic E-state index is 0.0704. The van der Waals surface area contributed by atoms with Crippen molar-refractivity contribution in [3.63, 3.8) is 0 Å². The summed E-state index contributed by atoms with van der Waals surface area (Å²) >= 11 is 0. The van der Waals surface area contributed by atoms with E-state index < -0.39 is 47.4 Å². The fourth-order valence-corrected chi connectivity index (χ4v) is 5.27. The third-order valence-electron chi connectivity index (χ3n) is 7.22. The Morgan fingerprint density at radius 1 is 1.21 bits per heavy atom. The van der Waals surface area contributed by atoms with Crippen LogP contribution in [0.1, 0.15) is 25.7 Å². The molecule has 0 bridgehead atoms. The molecule has 5 aliphatic rings. The lowest BCUT2D eigenvalue weighted by molar-refractivity contribution is -0.193. The number of aliphatic imine (C=N–C) groups is 2. The van der Waals surface area contributed by atoms with Crippen LogP contribution >= 0.6 is 0 Å². The topological polar surface area (TPSA) is 179 Å². The Balaban J connectivity index is 1.42.